The number of amides is 1. The molecule has 3 nitrogen and oxygen atoms in total. The fourth-order valence-corrected chi connectivity index (χ4v) is 2.14. The first-order valence-corrected chi connectivity index (χ1v) is 6.19. The molecule has 1 aromatic carbocycles. The van der Waals surface area contributed by atoms with Gasteiger partial charge in [-0.3, -0.25) is 9.69 Å². The number of hydrogen-bond acceptors (Lipinski definition) is 2. The first-order valence-electron chi connectivity index (χ1n) is 6.19. The zero-order valence-electron chi connectivity index (χ0n) is 11.1. The average molecular weight is 250 g/mol. The van der Waals surface area contributed by atoms with Gasteiger partial charge in [-0.2, -0.15) is 0 Å². The van der Waals surface area contributed by atoms with Gasteiger partial charge in [-0.1, -0.05) is 0 Å². The molecule has 1 heterocycles. The third-order valence-electron chi connectivity index (χ3n) is 3.31. The summed E-state index contributed by atoms with van der Waals surface area (Å²) in [5, 5.41) is 0. The van der Waals surface area contributed by atoms with Gasteiger partial charge in [0.05, 0.1) is 6.54 Å². The van der Waals surface area contributed by atoms with Crippen molar-refractivity contribution in [2.75, 3.05) is 24.5 Å². The van der Waals surface area contributed by atoms with Gasteiger partial charge in [-0.25, -0.2) is 4.39 Å². The fourth-order valence-electron chi connectivity index (χ4n) is 2.14. The summed E-state index contributed by atoms with van der Waals surface area (Å²) in [5.74, 6) is -0.206. The van der Waals surface area contributed by atoms with E-state index in [1.165, 1.54) is 12.1 Å². The van der Waals surface area contributed by atoms with Gasteiger partial charge in [0.1, 0.15) is 5.82 Å². The second kappa shape index (κ2) is 4.69. The standard InChI is InChI=1S/C14H19FN2O/c1-14(2,3)16-8-9-17(13(18)10-16)12-6-4-11(15)5-7-12/h4-7H,8-10H2,1-3H3. The molecule has 2 rings (SSSR count). The van der Waals surface area contributed by atoms with Crippen molar-refractivity contribution < 1.29 is 9.18 Å². The van der Waals surface area contributed by atoms with E-state index in [2.05, 4.69) is 25.7 Å². The van der Waals surface area contributed by atoms with Crippen LogP contribution in [0.15, 0.2) is 24.3 Å². The number of anilines is 1. The number of halogens is 1. The van der Waals surface area contributed by atoms with E-state index in [0.717, 1.165) is 12.2 Å². The van der Waals surface area contributed by atoms with Crippen LogP contribution in [0.3, 0.4) is 0 Å². The van der Waals surface area contributed by atoms with Crippen molar-refractivity contribution >= 4 is 11.6 Å². The molecule has 0 unspecified atom stereocenters. The van der Waals surface area contributed by atoms with Crippen molar-refractivity contribution in [2.24, 2.45) is 0 Å². The third-order valence-corrected chi connectivity index (χ3v) is 3.31. The van der Waals surface area contributed by atoms with Crippen LogP contribution < -0.4 is 4.90 Å². The highest BCUT2D eigenvalue weighted by Gasteiger charge is 2.31. The number of hydrogen-bond donors (Lipinski definition) is 0. The summed E-state index contributed by atoms with van der Waals surface area (Å²) in [4.78, 5) is 16.0. The highest BCUT2D eigenvalue weighted by Crippen LogP contribution is 2.21. The first kappa shape index (κ1) is 13.0. The first-order chi connectivity index (χ1) is 8.38. The maximum absolute atomic E-state index is 12.9. The van der Waals surface area contributed by atoms with Gasteiger partial charge < -0.3 is 4.90 Å². The van der Waals surface area contributed by atoms with Gasteiger partial charge in [0.2, 0.25) is 5.91 Å². The predicted molar refractivity (Wildman–Crippen MR) is 70.1 cm³/mol. The lowest BCUT2D eigenvalue weighted by Gasteiger charge is -2.41. The summed E-state index contributed by atoms with van der Waals surface area (Å²) in [5.41, 5.74) is 0.778. The lowest BCUT2D eigenvalue weighted by Crippen LogP contribution is -2.56. The molecule has 0 saturated carbocycles. The Labute approximate surface area is 107 Å². The Kier molecular flexibility index (Phi) is 3.39. The Morgan fingerprint density at radius 1 is 1.11 bits per heavy atom. The molecular formula is C14H19FN2O. The monoisotopic (exact) mass is 250 g/mol. The third kappa shape index (κ3) is 2.70. The summed E-state index contributed by atoms with van der Waals surface area (Å²) < 4.78 is 12.9. The van der Waals surface area contributed by atoms with Crippen LogP contribution in [0, 0.1) is 5.82 Å². The molecule has 98 valence electrons. The van der Waals surface area contributed by atoms with Gasteiger partial charge in [0.15, 0.2) is 0 Å². The van der Waals surface area contributed by atoms with Crippen LogP contribution in [0.5, 0.6) is 0 Å². The molecule has 1 fully saturated rings. The van der Waals surface area contributed by atoms with Crippen molar-refractivity contribution in [3.63, 3.8) is 0 Å². The van der Waals surface area contributed by atoms with E-state index in [9.17, 15) is 9.18 Å². The lowest BCUT2D eigenvalue weighted by atomic mass is 10.0. The van der Waals surface area contributed by atoms with Crippen LogP contribution in [-0.2, 0) is 4.79 Å². The largest absolute Gasteiger partial charge is 0.310 e. The molecule has 4 heteroatoms. The SMILES string of the molecule is CC(C)(C)N1CCN(c2ccc(F)cc2)C(=O)C1. The van der Waals surface area contributed by atoms with E-state index < -0.39 is 0 Å². The average Bonchev–Trinajstić information content (AvgIpc) is 2.29. The molecule has 0 atom stereocenters. The van der Waals surface area contributed by atoms with Gasteiger partial charge in [0.25, 0.3) is 0 Å². The number of benzene rings is 1. The molecule has 0 bridgehead atoms. The van der Waals surface area contributed by atoms with E-state index in [4.69, 9.17) is 0 Å². The highest BCUT2D eigenvalue weighted by molar-refractivity contribution is 5.95. The Morgan fingerprint density at radius 2 is 1.72 bits per heavy atom. The van der Waals surface area contributed by atoms with Crippen molar-refractivity contribution in [1.29, 1.82) is 0 Å². The second-order valence-corrected chi connectivity index (χ2v) is 5.61. The predicted octanol–water partition coefficient (Wildman–Crippen LogP) is 2.27. The lowest BCUT2D eigenvalue weighted by molar-refractivity contribution is -0.122. The molecule has 1 aliphatic rings. The zero-order valence-corrected chi connectivity index (χ0v) is 11.1. The van der Waals surface area contributed by atoms with Gasteiger partial charge in [0, 0.05) is 24.3 Å². The number of carbonyl (C=O) groups is 1. The highest BCUT2D eigenvalue weighted by atomic mass is 19.1. The number of nitrogens with zero attached hydrogens (tertiary/aromatic N) is 2. The van der Waals surface area contributed by atoms with E-state index in [-0.39, 0.29) is 17.3 Å². The summed E-state index contributed by atoms with van der Waals surface area (Å²) in [6.07, 6.45) is 0. The smallest absolute Gasteiger partial charge is 0.241 e. The second-order valence-electron chi connectivity index (χ2n) is 5.61. The molecule has 1 aliphatic heterocycles. The molecule has 0 spiro atoms. The van der Waals surface area contributed by atoms with Crippen molar-refractivity contribution in [2.45, 2.75) is 26.3 Å². The molecule has 0 N–H and O–H groups in total. The molecule has 18 heavy (non-hydrogen) atoms. The van der Waals surface area contributed by atoms with Crippen molar-refractivity contribution in [1.82, 2.24) is 4.90 Å². The van der Waals surface area contributed by atoms with Gasteiger partial charge in [-0.05, 0) is 45.0 Å². The Balaban J connectivity index is 2.10. The summed E-state index contributed by atoms with van der Waals surface area (Å²) in [6.45, 7) is 8.23. The van der Waals surface area contributed by atoms with E-state index in [1.54, 1.807) is 17.0 Å². The number of piperazine rings is 1. The van der Waals surface area contributed by atoms with Crippen molar-refractivity contribution in [3.8, 4) is 0 Å². The van der Waals surface area contributed by atoms with Crippen LogP contribution >= 0.6 is 0 Å². The van der Waals surface area contributed by atoms with Crippen LogP contribution in [0.4, 0.5) is 10.1 Å². The molecule has 1 aromatic rings. The molecular weight excluding hydrogens is 231 g/mol. The molecule has 1 saturated heterocycles. The topological polar surface area (TPSA) is 23.6 Å². The quantitative estimate of drug-likeness (QED) is 0.763. The van der Waals surface area contributed by atoms with Crippen LogP contribution in [-0.4, -0.2) is 36.0 Å². The number of carbonyl (C=O) groups excluding carboxylic acids is 1. The van der Waals surface area contributed by atoms with Gasteiger partial charge in [-0.15, -0.1) is 0 Å². The van der Waals surface area contributed by atoms with E-state index in [1.807, 2.05) is 0 Å². The zero-order chi connectivity index (χ0) is 13.3. The molecule has 0 aliphatic carbocycles. The van der Waals surface area contributed by atoms with Crippen molar-refractivity contribution in [3.05, 3.63) is 30.1 Å². The van der Waals surface area contributed by atoms with Crippen LogP contribution in [0.2, 0.25) is 0 Å². The molecule has 1 amide bonds. The summed E-state index contributed by atoms with van der Waals surface area (Å²) in [6, 6.07) is 6.08. The summed E-state index contributed by atoms with van der Waals surface area (Å²) in [7, 11) is 0. The maximum atomic E-state index is 12.9. The number of rotatable bonds is 1. The molecule has 0 radical (unpaired) electrons. The Bertz CT molecular complexity index is 436. The van der Waals surface area contributed by atoms with Gasteiger partial charge >= 0.3 is 0 Å². The minimum absolute atomic E-state index is 0.00451. The Morgan fingerprint density at radius 3 is 2.22 bits per heavy atom. The minimum atomic E-state index is -0.278. The van der Waals surface area contributed by atoms with E-state index in [0.29, 0.717) is 13.1 Å². The van der Waals surface area contributed by atoms with E-state index >= 15 is 0 Å². The normalized spacial score (nSPS) is 18.2. The van der Waals surface area contributed by atoms with Crippen LogP contribution in [0.25, 0.3) is 0 Å². The fraction of sp³-hybridized carbons (Fsp3) is 0.500. The Hall–Kier alpha value is -1.42. The van der Waals surface area contributed by atoms with Crippen LogP contribution in [0.1, 0.15) is 20.8 Å². The maximum Gasteiger partial charge on any atom is 0.241 e. The molecule has 0 aromatic heterocycles. The minimum Gasteiger partial charge on any atom is -0.310 e. The summed E-state index contributed by atoms with van der Waals surface area (Å²) >= 11 is 0.